The minimum atomic E-state index is -0.406. The van der Waals surface area contributed by atoms with Gasteiger partial charge in [0.25, 0.3) is 0 Å². The van der Waals surface area contributed by atoms with Crippen molar-refractivity contribution in [1.82, 2.24) is 15.5 Å². The molecule has 1 aromatic rings. The lowest BCUT2D eigenvalue weighted by molar-refractivity contribution is -0.121. The first-order chi connectivity index (χ1) is 13.6. The Hall–Kier alpha value is -2.05. The SMILES string of the molecule is O=C(CN1CCN(c2ccccc2Cl)CC1)NC(=O)NCCC1=CCCCC1. The number of piperazine rings is 1. The zero-order chi connectivity index (χ0) is 19.8. The van der Waals surface area contributed by atoms with Gasteiger partial charge in [0.05, 0.1) is 17.3 Å². The molecule has 152 valence electrons. The van der Waals surface area contributed by atoms with E-state index in [0.717, 1.165) is 56.2 Å². The van der Waals surface area contributed by atoms with Crippen LogP contribution in [0.2, 0.25) is 5.02 Å². The summed E-state index contributed by atoms with van der Waals surface area (Å²) in [7, 11) is 0. The number of nitrogens with zero attached hydrogens (tertiary/aromatic N) is 2. The molecule has 0 spiro atoms. The van der Waals surface area contributed by atoms with Crippen LogP contribution in [0.25, 0.3) is 0 Å². The van der Waals surface area contributed by atoms with E-state index in [0.29, 0.717) is 6.54 Å². The quantitative estimate of drug-likeness (QED) is 0.715. The van der Waals surface area contributed by atoms with E-state index in [1.807, 2.05) is 24.3 Å². The highest BCUT2D eigenvalue weighted by atomic mass is 35.5. The van der Waals surface area contributed by atoms with Crippen molar-refractivity contribution >= 4 is 29.2 Å². The number of para-hydroxylation sites is 1. The topological polar surface area (TPSA) is 64.7 Å². The summed E-state index contributed by atoms with van der Waals surface area (Å²) in [5, 5.41) is 5.96. The van der Waals surface area contributed by atoms with Gasteiger partial charge >= 0.3 is 6.03 Å². The van der Waals surface area contributed by atoms with Crippen LogP contribution in [-0.4, -0.2) is 56.1 Å². The lowest BCUT2D eigenvalue weighted by atomic mass is 9.97. The van der Waals surface area contributed by atoms with Gasteiger partial charge in [-0.25, -0.2) is 4.79 Å². The normalized spacial score (nSPS) is 17.8. The van der Waals surface area contributed by atoms with Gasteiger partial charge in [-0.1, -0.05) is 35.4 Å². The largest absolute Gasteiger partial charge is 0.368 e. The summed E-state index contributed by atoms with van der Waals surface area (Å²) in [5.41, 5.74) is 2.44. The lowest BCUT2D eigenvalue weighted by Crippen LogP contribution is -2.51. The molecule has 2 aliphatic rings. The summed E-state index contributed by atoms with van der Waals surface area (Å²) >= 11 is 6.26. The standard InChI is InChI=1S/C21H29ClN4O2/c22-18-8-4-5-9-19(18)26-14-12-25(13-15-26)16-20(27)24-21(28)23-11-10-17-6-2-1-3-7-17/h4-6,8-9H,1-3,7,10-16H2,(H2,23,24,27,28). The molecular weight excluding hydrogens is 376 g/mol. The maximum Gasteiger partial charge on any atom is 0.321 e. The summed E-state index contributed by atoms with van der Waals surface area (Å²) in [6.07, 6.45) is 7.91. The fourth-order valence-corrected chi connectivity index (χ4v) is 3.99. The number of carbonyl (C=O) groups is 2. The number of amides is 3. The first-order valence-corrected chi connectivity index (χ1v) is 10.5. The van der Waals surface area contributed by atoms with Crippen molar-refractivity contribution in [2.45, 2.75) is 32.1 Å². The number of hydrogen-bond acceptors (Lipinski definition) is 4. The number of benzene rings is 1. The third-order valence-electron chi connectivity index (χ3n) is 5.30. The Kier molecular flexibility index (Phi) is 7.74. The Morgan fingerprint density at radius 1 is 1.07 bits per heavy atom. The van der Waals surface area contributed by atoms with E-state index in [1.54, 1.807) is 0 Å². The second-order valence-corrected chi connectivity index (χ2v) is 7.78. The summed E-state index contributed by atoms with van der Waals surface area (Å²) < 4.78 is 0. The van der Waals surface area contributed by atoms with E-state index >= 15 is 0 Å². The van der Waals surface area contributed by atoms with Gasteiger partial charge in [0, 0.05) is 32.7 Å². The molecule has 0 radical (unpaired) electrons. The molecule has 1 aliphatic heterocycles. The first-order valence-electron chi connectivity index (χ1n) is 10.1. The summed E-state index contributed by atoms with van der Waals surface area (Å²) in [4.78, 5) is 28.3. The highest BCUT2D eigenvalue weighted by molar-refractivity contribution is 6.33. The molecule has 0 unspecified atom stereocenters. The van der Waals surface area contributed by atoms with Gasteiger partial charge in [-0.3, -0.25) is 15.0 Å². The van der Waals surface area contributed by atoms with Crippen LogP contribution in [0, 0.1) is 0 Å². The van der Waals surface area contributed by atoms with E-state index in [9.17, 15) is 9.59 Å². The van der Waals surface area contributed by atoms with Crippen LogP contribution in [-0.2, 0) is 4.79 Å². The number of imide groups is 1. The van der Waals surface area contributed by atoms with Crippen LogP contribution in [0.15, 0.2) is 35.9 Å². The number of hydrogen-bond donors (Lipinski definition) is 2. The number of rotatable bonds is 6. The van der Waals surface area contributed by atoms with Gasteiger partial charge in [0.2, 0.25) is 5.91 Å². The van der Waals surface area contributed by atoms with Crippen LogP contribution in [0.3, 0.4) is 0 Å². The molecular formula is C21H29ClN4O2. The molecule has 6 nitrogen and oxygen atoms in total. The van der Waals surface area contributed by atoms with Crippen LogP contribution in [0.4, 0.5) is 10.5 Å². The zero-order valence-corrected chi connectivity index (χ0v) is 17.0. The van der Waals surface area contributed by atoms with Crippen molar-refractivity contribution in [3.63, 3.8) is 0 Å². The summed E-state index contributed by atoms with van der Waals surface area (Å²) in [5.74, 6) is -0.263. The average molecular weight is 405 g/mol. The molecule has 1 aliphatic carbocycles. The van der Waals surface area contributed by atoms with Gasteiger partial charge in [-0.05, 0) is 44.2 Å². The van der Waals surface area contributed by atoms with Crippen molar-refractivity contribution in [2.75, 3.05) is 44.2 Å². The van der Waals surface area contributed by atoms with Gasteiger partial charge < -0.3 is 10.2 Å². The number of nitrogens with one attached hydrogen (secondary N) is 2. The van der Waals surface area contributed by atoms with Crippen molar-refractivity contribution in [3.8, 4) is 0 Å². The van der Waals surface area contributed by atoms with Gasteiger partial charge in [-0.2, -0.15) is 0 Å². The molecule has 1 saturated heterocycles. The molecule has 3 rings (SSSR count). The molecule has 2 N–H and O–H groups in total. The van der Waals surface area contributed by atoms with Crippen molar-refractivity contribution in [2.24, 2.45) is 0 Å². The zero-order valence-electron chi connectivity index (χ0n) is 16.3. The van der Waals surface area contributed by atoms with E-state index in [4.69, 9.17) is 11.6 Å². The Morgan fingerprint density at radius 3 is 2.57 bits per heavy atom. The second-order valence-electron chi connectivity index (χ2n) is 7.38. The first kappa shape index (κ1) is 20.7. The van der Waals surface area contributed by atoms with Crippen molar-refractivity contribution in [3.05, 3.63) is 40.9 Å². The number of carbonyl (C=O) groups excluding carboxylic acids is 2. The van der Waals surface area contributed by atoms with Crippen LogP contribution < -0.4 is 15.5 Å². The Morgan fingerprint density at radius 2 is 1.86 bits per heavy atom. The Bertz CT molecular complexity index is 714. The highest BCUT2D eigenvalue weighted by Gasteiger charge is 2.21. The van der Waals surface area contributed by atoms with Crippen LogP contribution in [0.1, 0.15) is 32.1 Å². The molecule has 3 amide bonds. The molecule has 0 saturated carbocycles. The maximum absolute atomic E-state index is 12.1. The predicted octanol–water partition coefficient (Wildman–Crippen LogP) is 3.18. The van der Waals surface area contributed by atoms with E-state index < -0.39 is 6.03 Å². The van der Waals surface area contributed by atoms with Crippen molar-refractivity contribution in [1.29, 1.82) is 0 Å². The number of urea groups is 1. The smallest absolute Gasteiger partial charge is 0.321 e. The molecule has 1 fully saturated rings. The van der Waals surface area contributed by atoms with E-state index in [2.05, 4.69) is 26.5 Å². The summed E-state index contributed by atoms with van der Waals surface area (Å²) in [6.45, 7) is 3.93. The van der Waals surface area contributed by atoms with E-state index in [-0.39, 0.29) is 12.5 Å². The molecule has 0 aromatic heterocycles. The predicted molar refractivity (Wildman–Crippen MR) is 113 cm³/mol. The molecule has 7 heteroatoms. The van der Waals surface area contributed by atoms with Crippen LogP contribution >= 0.6 is 11.6 Å². The third kappa shape index (κ3) is 6.24. The van der Waals surface area contributed by atoms with E-state index in [1.165, 1.54) is 18.4 Å². The second kappa shape index (κ2) is 10.5. The third-order valence-corrected chi connectivity index (χ3v) is 5.62. The van der Waals surface area contributed by atoms with Crippen molar-refractivity contribution < 1.29 is 9.59 Å². The fraction of sp³-hybridized carbons (Fsp3) is 0.524. The van der Waals surface area contributed by atoms with Gasteiger partial charge in [0.15, 0.2) is 0 Å². The molecule has 0 atom stereocenters. The maximum atomic E-state index is 12.1. The van der Waals surface area contributed by atoms with Gasteiger partial charge in [-0.15, -0.1) is 0 Å². The molecule has 0 bridgehead atoms. The minimum Gasteiger partial charge on any atom is -0.368 e. The van der Waals surface area contributed by atoms with Gasteiger partial charge in [0.1, 0.15) is 0 Å². The molecule has 28 heavy (non-hydrogen) atoms. The summed E-state index contributed by atoms with van der Waals surface area (Å²) in [6, 6.07) is 7.39. The molecule has 1 aromatic carbocycles. The Labute approximate surface area is 171 Å². The fourth-order valence-electron chi connectivity index (χ4n) is 3.74. The number of allylic oxidation sites excluding steroid dienone is 1. The number of halogens is 1. The molecule has 1 heterocycles. The van der Waals surface area contributed by atoms with Crippen LogP contribution in [0.5, 0.6) is 0 Å². The highest BCUT2D eigenvalue weighted by Crippen LogP contribution is 2.25. The number of anilines is 1. The monoisotopic (exact) mass is 404 g/mol. The average Bonchev–Trinajstić information content (AvgIpc) is 2.70. The minimum absolute atomic E-state index is 0.231. The lowest BCUT2D eigenvalue weighted by Gasteiger charge is -2.36. The Balaban J connectivity index is 1.33.